The topological polar surface area (TPSA) is 85.5 Å². The number of aliphatic hydroxyl groups excluding tert-OH is 2. The molecular weight excluding hydrogens is 208 g/mol. The number of nitrogens with one attached hydrogen (secondary N) is 1. The minimum atomic E-state index is -0.788. The van der Waals surface area contributed by atoms with Gasteiger partial charge in [-0.15, -0.1) is 0 Å². The summed E-state index contributed by atoms with van der Waals surface area (Å²) in [4.78, 5) is 0. The smallest absolute Gasteiger partial charge is 0.174 e. The molecule has 0 saturated heterocycles. The van der Waals surface area contributed by atoms with Crippen LogP contribution in [0.1, 0.15) is 0 Å². The maximum Gasteiger partial charge on any atom is 0.174 e. The Morgan fingerprint density at radius 1 is 1.50 bits per heavy atom. The Morgan fingerprint density at radius 3 is 3.00 bits per heavy atom. The monoisotopic (exact) mass is 222 g/mol. The van der Waals surface area contributed by atoms with Crippen LogP contribution in [0.2, 0.25) is 0 Å². The van der Waals surface area contributed by atoms with Crippen LogP contribution in [0.3, 0.4) is 0 Å². The van der Waals surface area contributed by atoms with Gasteiger partial charge in [-0.3, -0.25) is 0 Å². The van der Waals surface area contributed by atoms with Crippen LogP contribution in [-0.4, -0.2) is 36.1 Å². The van der Waals surface area contributed by atoms with Gasteiger partial charge in [0.15, 0.2) is 6.61 Å². The highest BCUT2D eigenvalue weighted by Crippen LogP contribution is 2.16. The number of aliphatic hydroxyl groups is 2. The van der Waals surface area contributed by atoms with E-state index in [-0.39, 0.29) is 19.8 Å². The molecule has 1 aromatic rings. The van der Waals surface area contributed by atoms with Gasteiger partial charge in [0.05, 0.1) is 12.7 Å². The lowest BCUT2D eigenvalue weighted by Crippen LogP contribution is -2.22. The van der Waals surface area contributed by atoms with Crippen LogP contribution in [-0.2, 0) is 0 Å². The lowest BCUT2D eigenvalue weighted by molar-refractivity contribution is 0.105. The maximum atomic E-state index is 9.14. The first kappa shape index (κ1) is 12.3. The van der Waals surface area contributed by atoms with Gasteiger partial charge in [0.25, 0.3) is 0 Å². The Bertz CT molecular complexity index is 362. The third-order valence-corrected chi connectivity index (χ3v) is 1.89. The Morgan fingerprint density at radius 2 is 2.31 bits per heavy atom. The molecule has 1 rings (SSSR count). The van der Waals surface area contributed by atoms with Crippen molar-refractivity contribution in [1.29, 1.82) is 5.26 Å². The standard InChI is InChI=1S/C11H14N2O3/c12-4-5-16-11-3-1-2-9(6-11)13-7-10(15)8-14/h1-3,6,10,13-15H,5,7-8H2. The Kier molecular flexibility index (Phi) is 5.12. The van der Waals surface area contributed by atoms with Crippen LogP contribution in [0.25, 0.3) is 0 Å². The van der Waals surface area contributed by atoms with E-state index >= 15 is 0 Å². The van der Waals surface area contributed by atoms with Gasteiger partial charge in [-0.2, -0.15) is 5.26 Å². The maximum absolute atomic E-state index is 9.14. The van der Waals surface area contributed by atoms with Crippen molar-refractivity contribution < 1.29 is 14.9 Å². The molecule has 0 radical (unpaired) electrons. The summed E-state index contributed by atoms with van der Waals surface area (Å²) in [5, 5.41) is 29.1. The number of nitriles is 1. The lowest BCUT2D eigenvalue weighted by Gasteiger charge is -2.11. The highest BCUT2D eigenvalue weighted by molar-refractivity contribution is 5.48. The molecule has 1 aromatic carbocycles. The predicted molar refractivity (Wildman–Crippen MR) is 59.1 cm³/mol. The molecule has 0 heterocycles. The third kappa shape index (κ3) is 4.17. The summed E-state index contributed by atoms with van der Waals surface area (Å²) in [6.07, 6.45) is -0.788. The number of rotatable bonds is 6. The number of ether oxygens (including phenoxy) is 1. The van der Waals surface area contributed by atoms with Gasteiger partial charge in [0, 0.05) is 18.3 Å². The van der Waals surface area contributed by atoms with Crippen molar-refractivity contribution in [3.63, 3.8) is 0 Å². The molecule has 0 aromatic heterocycles. The number of anilines is 1. The van der Waals surface area contributed by atoms with E-state index in [9.17, 15) is 0 Å². The first-order chi connectivity index (χ1) is 7.76. The predicted octanol–water partition coefficient (Wildman–Crippen LogP) is 0.354. The van der Waals surface area contributed by atoms with E-state index in [1.807, 2.05) is 12.1 Å². The fraction of sp³-hybridized carbons (Fsp3) is 0.364. The fourth-order valence-corrected chi connectivity index (χ4v) is 1.11. The normalized spacial score (nSPS) is 11.6. The summed E-state index contributed by atoms with van der Waals surface area (Å²) in [5.74, 6) is 0.588. The second kappa shape index (κ2) is 6.67. The summed E-state index contributed by atoms with van der Waals surface area (Å²) < 4.78 is 5.12. The Balaban J connectivity index is 2.50. The van der Waals surface area contributed by atoms with Crippen molar-refractivity contribution in [2.24, 2.45) is 0 Å². The van der Waals surface area contributed by atoms with Gasteiger partial charge in [-0.25, -0.2) is 0 Å². The Labute approximate surface area is 93.9 Å². The van der Waals surface area contributed by atoms with Crippen LogP contribution in [0.15, 0.2) is 24.3 Å². The fourth-order valence-electron chi connectivity index (χ4n) is 1.11. The molecule has 0 amide bonds. The van der Waals surface area contributed by atoms with Crippen LogP contribution in [0.5, 0.6) is 5.75 Å². The van der Waals surface area contributed by atoms with E-state index in [1.54, 1.807) is 18.2 Å². The first-order valence-electron chi connectivity index (χ1n) is 4.89. The molecule has 16 heavy (non-hydrogen) atoms. The average Bonchev–Trinajstić information content (AvgIpc) is 2.34. The van der Waals surface area contributed by atoms with E-state index in [2.05, 4.69) is 5.32 Å². The summed E-state index contributed by atoms with van der Waals surface area (Å²) in [5.41, 5.74) is 0.767. The van der Waals surface area contributed by atoms with Crippen molar-refractivity contribution >= 4 is 5.69 Å². The molecule has 1 atom stereocenters. The highest BCUT2D eigenvalue weighted by Gasteiger charge is 2.01. The zero-order valence-electron chi connectivity index (χ0n) is 8.76. The third-order valence-electron chi connectivity index (χ3n) is 1.89. The number of nitrogens with zero attached hydrogens (tertiary/aromatic N) is 1. The zero-order chi connectivity index (χ0) is 11.8. The van der Waals surface area contributed by atoms with Gasteiger partial charge < -0.3 is 20.3 Å². The molecule has 0 fully saturated rings. The van der Waals surface area contributed by atoms with Gasteiger partial charge in [-0.05, 0) is 12.1 Å². The van der Waals surface area contributed by atoms with Crippen LogP contribution in [0, 0.1) is 11.3 Å². The number of hydrogen-bond acceptors (Lipinski definition) is 5. The van der Waals surface area contributed by atoms with Crippen LogP contribution < -0.4 is 10.1 Å². The molecule has 3 N–H and O–H groups in total. The molecule has 86 valence electrons. The molecule has 0 bridgehead atoms. The molecule has 5 nitrogen and oxygen atoms in total. The summed E-state index contributed by atoms with van der Waals surface area (Å²) >= 11 is 0. The van der Waals surface area contributed by atoms with E-state index in [4.69, 9.17) is 20.2 Å². The molecule has 0 aliphatic heterocycles. The second-order valence-electron chi connectivity index (χ2n) is 3.19. The molecule has 0 saturated carbocycles. The highest BCUT2D eigenvalue weighted by atomic mass is 16.5. The van der Waals surface area contributed by atoms with Crippen molar-refractivity contribution in [3.8, 4) is 11.8 Å². The molecule has 0 aliphatic rings. The van der Waals surface area contributed by atoms with Crippen molar-refractivity contribution in [1.82, 2.24) is 0 Å². The largest absolute Gasteiger partial charge is 0.479 e. The van der Waals surface area contributed by atoms with Gasteiger partial charge >= 0.3 is 0 Å². The quantitative estimate of drug-likeness (QED) is 0.646. The van der Waals surface area contributed by atoms with Crippen LogP contribution in [0.4, 0.5) is 5.69 Å². The minimum absolute atomic E-state index is 0.00270. The zero-order valence-corrected chi connectivity index (χ0v) is 8.76. The molecule has 5 heteroatoms. The van der Waals surface area contributed by atoms with Gasteiger partial charge in [0.1, 0.15) is 11.8 Å². The van der Waals surface area contributed by atoms with Gasteiger partial charge in [-0.1, -0.05) is 6.07 Å². The average molecular weight is 222 g/mol. The molecule has 0 aliphatic carbocycles. The van der Waals surface area contributed by atoms with E-state index in [0.717, 1.165) is 5.69 Å². The minimum Gasteiger partial charge on any atom is -0.479 e. The van der Waals surface area contributed by atoms with Crippen molar-refractivity contribution in [3.05, 3.63) is 24.3 Å². The van der Waals surface area contributed by atoms with Crippen molar-refractivity contribution in [2.75, 3.05) is 25.1 Å². The number of benzene rings is 1. The van der Waals surface area contributed by atoms with E-state index < -0.39 is 6.10 Å². The SMILES string of the molecule is N#CCOc1cccc(NCC(O)CO)c1. The van der Waals surface area contributed by atoms with Gasteiger partial charge in [0.2, 0.25) is 0 Å². The lowest BCUT2D eigenvalue weighted by atomic mass is 10.3. The Hall–Kier alpha value is -1.77. The second-order valence-corrected chi connectivity index (χ2v) is 3.19. The van der Waals surface area contributed by atoms with E-state index in [0.29, 0.717) is 5.75 Å². The first-order valence-corrected chi connectivity index (χ1v) is 4.89. The molecule has 1 unspecified atom stereocenters. The summed E-state index contributed by atoms with van der Waals surface area (Å²) in [6.45, 7) is -0.0153. The summed E-state index contributed by atoms with van der Waals surface area (Å²) in [6, 6.07) is 8.93. The molecular formula is C11H14N2O3. The number of hydrogen-bond donors (Lipinski definition) is 3. The van der Waals surface area contributed by atoms with Crippen molar-refractivity contribution in [2.45, 2.75) is 6.10 Å². The van der Waals surface area contributed by atoms with Crippen LogP contribution >= 0.6 is 0 Å². The molecule has 0 spiro atoms. The summed E-state index contributed by atoms with van der Waals surface area (Å²) in [7, 11) is 0. The van der Waals surface area contributed by atoms with E-state index in [1.165, 1.54) is 0 Å².